The number of benzene rings is 2. The van der Waals surface area contributed by atoms with Gasteiger partial charge < -0.3 is 4.57 Å². The summed E-state index contributed by atoms with van der Waals surface area (Å²) in [6, 6.07) is 19.2. The molecule has 0 amide bonds. The fourth-order valence-electron chi connectivity index (χ4n) is 2.72. The predicted octanol–water partition coefficient (Wildman–Crippen LogP) is 5.33. The van der Waals surface area contributed by atoms with Gasteiger partial charge in [0, 0.05) is 29.6 Å². The van der Waals surface area contributed by atoms with Gasteiger partial charge in [-0.1, -0.05) is 54.6 Å². The van der Waals surface area contributed by atoms with E-state index in [1.807, 2.05) is 0 Å². The molecule has 2 aromatic carbocycles. The average molecular weight is 296 g/mol. The molecule has 3 aromatic rings. The third kappa shape index (κ3) is 2.88. The maximum atomic E-state index is 5.86. The highest BCUT2D eigenvalue weighted by Gasteiger charge is 2.08. The van der Waals surface area contributed by atoms with Crippen LogP contribution in [0.4, 0.5) is 0 Å². The molecule has 0 aliphatic rings. The van der Waals surface area contributed by atoms with Crippen LogP contribution in [0.25, 0.3) is 16.5 Å². The van der Waals surface area contributed by atoms with E-state index in [9.17, 15) is 0 Å². The number of hydrogen-bond acceptors (Lipinski definition) is 0. The van der Waals surface area contributed by atoms with Crippen LogP contribution >= 0.6 is 11.6 Å². The quantitative estimate of drug-likeness (QED) is 0.573. The van der Waals surface area contributed by atoms with Crippen LogP contribution in [0.15, 0.2) is 66.9 Å². The molecular weight excluding hydrogens is 278 g/mol. The first kappa shape index (κ1) is 14.0. The van der Waals surface area contributed by atoms with Crippen LogP contribution in [0.1, 0.15) is 18.1 Å². The Morgan fingerprint density at radius 2 is 1.86 bits per heavy atom. The zero-order valence-corrected chi connectivity index (χ0v) is 12.8. The minimum Gasteiger partial charge on any atom is -0.343 e. The maximum Gasteiger partial charge on any atom is 0.0559 e. The molecule has 21 heavy (non-hydrogen) atoms. The summed E-state index contributed by atoms with van der Waals surface area (Å²) in [6.45, 7) is 3.01. The zero-order chi connectivity index (χ0) is 14.7. The van der Waals surface area contributed by atoms with E-state index in [-0.39, 0.29) is 0 Å². The Balaban J connectivity index is 2.10. The van der Waals surface area contributed by atoms with E-state index >= 15 is 0 Å². The number of nitrogens with zero attached hydrogens (tertiary/aromatic N) is 1. The van der Waals surface area contributed by atoms with E-state index in [0.717, 1.165) is 6.54 Å². The first-order valence-corrected chi connectivity index (χ1v) is 7.68. The molecule has 0 aliphatic carbocycles. The topological polar surface area (TPSA) is 4.93 Å². The third-order valence-corrected chi connectivity index (χ3v) is 3.95. The number of halogens is 1. The third-order valence-electron chi connectivity index (χ3n) is 3.79. The highest BCUT2D eigenvalue weighted by atomic mass is 35.5. The molecule has 1 aromatic heterocycles. The summed E-state index contributed by atoms with van der Waals surface area (Å²) >= 11 is 5.86. The Kier molecular flexibility index (Phi) is 4.12. The molecule has 0 saturated carbocycles. The lowest BCUT2D eigenvalue weighted by Crippen LogP contribution is -1.99. The molecule has 0 radical (unpaired) electrons. The fourth-order valence-corrected chi connectivity index (χ4v) is 2.95. The van der Waals surface area contributed by atoms with Gasteiger partial charge in [0.1, 0.15) is 0 Å². The Hall–Kier alpha value is -1.99. The summed E-state index contributed by atoms with van der Waals surface area (Å²) in [5.41, 5.74) is 5.07. The maximum absolute atomic E-state index is 5.86. The minimum absolute atomic E-state index is 0.543. The van der Waals surface area contributed by atoms with Gasteiger partial charge in [-0.05, 0) is 24.1 Å². The van der Waals surface area contributed by atoms with Gasteiger partial charge in [-0.25, -0.2) is 0 Å². The van der Waals surface area contributed by atoms with Gasteiger partial charge in [-0.3, -0.25) is 0 Å². The summed E-state index contributed by atoms with van der Waals surface area (Å²) in [5, 5.41) is 1.27. The first-order chi connectivity index (χ1) is 10.3. The van der Waals surface area contributed by atoms with Gasteiger partial charge in [0.15, 0.2) is 0 Å². The van der Waals surface area contributed by atoms with E-state index in [0.29, 0.717) is 5.88 Å². The summed E-state index contributed by atoms with van der Waals surface area (Å²) in [7, 11) is 0. The van der Waals surface area contributed by atoms with Crippen LogP contribution in [0.3, 0.4) is 0 Å². The van der Waals surface area contributed by atoms with Crippen molar-refractivity contribution in [1.29, 1.82) is 0 Å². The molecule has 1 heterocycles. The van der Waals surface area contributed by atoms with Crippen LogP contribution < -0.4 is 0 Å². The summed E-state index contributed by atoms with van der Waals surface area (Å²) < 4.78 is 2.31. The van der Waals surface area contributed by atoms with E-state index < -0.39 is 0 Å². The fraction of sp³-hybridized carbons (Fsp3) is 0.158. The van der Waals surface area contributed by atoms with Crippen molar-refractivity contribution in [2.45, 2.75) is 13.5 Å². The zero-order valence-electron chi connectivity index (χ0n) is 12.1. The molecule has 0 spiro atoms. The number of hydrogen-bond donors (Lipinski definition) is 0. The molecule has 0 fully saturated rings. The van der Waals surface area contributed by atoms with Crippen molar-refractivity contribution in [3.05, 3.63) is 78.0 Å². The smallest absolute Gasteiger partial charge is 0.0559 e. The molecule has 0 unspecified atom stereocenters. The number of rotatable bonds is 4. The normalized spacial score (nSPS) is 12.0. The van der Waals surface area contributed by atoms with E-state index in [1.165, 1.54) is 27.6 Å². The summed E-state index contributed by atoms with van der Waals surface area (Å²) in [6.07, 6.45) is 4.23. The molecule has 0 aliphatic heterocycles. The lowest BCUT2D eigenvalue weighted by Gasteiger charge is -2.10. The molecule has 0 atom stereocenters. The number of aromatic nitrogens is 1. The summed E-state index contributed by atoms with van der Waals surface area (Å²) in [5.74, 6) is 0.543. The van der Waals surface area contributed by atoms with Gasteiger partial charge >= 0.3 is 0 Å². The summed E-state index contributed by atoms with van der Waals surface area (Å²) in [4.78, 5) is 0. The Morgan fingerprint density at radius 3 is 2.62 bits per heavy atom. The van der Waals surface area contributed by atoms with Crippen molar-refractivity contribution in [3.8, 4) is 0 Å². The number of alkyl halides is 1. The van der Waals surface area contributed by atoms with E-state index in [1.54, 1.807) is 0 Å². The van der Waals surface area contributed by atoms with Crippen LogP contribution in [0, 0.1) is 0 Å². The minimum atomic E-state index is 0.543. The second-order valence-electron chi connectivity index (χ2n) is 5.21. The van der Waals surface area contributed by atoms with Crippen molar-refractivity contribution in [1.82, 2.24) is 4.57 Å². The van der Waals surface area contributed by atoms with Gasteiger partial charge in [0.25, 0.3) is 0 Å². The average Bonchev–Trinajstić information content (AvgIpc) is 2.92. The lowest BCUT2D eigenvalue weighted by atomic mass is 10.0. The molecule has 106 valence electrons. The van der Waals surface area contributed by atoms with Crippen molar-refractivity contribution >= 4 is 28.1 Å². The molecule has 0 saturated heterocycles. The molecule has 3 rings (SSSR count). The molecule has 1 nitrogen and oxygen atoms in total. The van der Waals surface area contributed by atoms with Crippen molar-refractivity contribution < 1.29 is 0 Å². The van der Waals surface area contributed by atoms with Crippen LogP contribution in [-0.4, -0.2) is 10.4 Å². The van der Waals surface area contributed by atoms with Crippen LogP contribution in [-0.2, 0) is 6.54 Å². The van der Waals surface area contributed by atoms with Crippen molar-refractivity contribution in [2.75, 3.05) is 5.88 Å². The van der Waals surface area contributed by atoms with Gasteiger partial charge in [0.05, 0.1) is 5.52 Å². The van der Waals surface area contributed by atoms with Gasteiger partial charge in [-0.15, -0.1) is 11.6 Å². The van der Waals surface area contributed by atoms with Gasteiger partial charge in [0.2, 0.25) is 0 Å². The lowest BCUT2D eigenvalue weighted by molar-refractivity contribution is 0.836. The van der Waals surface area contributed by atoms with Crippen molar-refractivity contribution in [2.24, 2.45) is 0 Å². The van der Waals surface area contributed by atoms with E-state index in [4.69, 9.17) is 11.6 Å². The standard InChI is InChI=1S/C19H18ClN/c1-15(10-12-20)18-9-5-8-17-11-13-21(19(17)18)14-16-6-3-2-4-7-16/h2-11,13H,12,14H2,1H3/b15-10+. The number of para-hydroxylation sites is 1. The largest absolute Gasteiger partial charge is 0.343 e. The monoisotopic (exact) mass is 295 g/mol. The Bertz CT molecular complexity index is 769. The highest BCUT2D eigenvalue weighted by molar-refractivity contribution is 6.19. The molecule has 0 N–H and O–H groups in total. The second kappa shape index (κ2) is 6.19. The Labute approximate surface area is 130 Å². The van der Waals surface area contributed by atoms with Crippen LogP contribution in [0.2, 0.25) is 0 Å². The second-order valence-corrected chi connectivity index (χ2v) is 5.52. The number of fused-ring (bicyclic) bond motifs is 1. The first-order valence-electron chi connectivity index (χ1n) is 7.14. The Morgan fingerprint density at radius 1 is 1.05 bits per heavy atom. The predicted molar refractivity (Wildman–Crippen MR) is 91.9 cm³/mol. The van der Waals surface area contributed by atoms with Crippen LogP contribution in [0.5, 0.6) is 0 Å². The van der Waals surface area contributed by atoms with E-state index in [2.05, 4.69) is 78.4 Å². The van der Waals surface area contributed by atoms with Crippen molar-refractivity contribution in [3.63, 3.8) is 0 Å². The highest BCUT2D eigenvalue weighted by Crippen LogP contribution is 2.26. The van der Waals surface area contributed by atoms with Gasteiger partial charge in [-0.2, -0.15) is 0 Å². The number of allylic oxidation sites excluding steroid dienone is 2. The SMILES string of the molecule is C/C(=C\CCl)c1cccc2ccn(Cc3ccccc3)c12. The molecule has 0 bridgehead atoms. The molecular formula is C19H18ClN. The molecule has 2 heteroatoms.